The summed E-state index contributed by atoms with van der Waals surface area (Å²) in [6, 6.07) is 2.06. The van der Waals surface area contributed by atoms with Crippen molar-refractivity contribution >= 4 is 54.6 Å². The van der Waals surface area contributed by atoms with Gasteiger partial charge in [-0.25, -0.2) is 9.78 Å². The number of fused-ring (bicyclic) bond motifs is 3. The van der Waals surface area contributed by atoms with Crippen molar-refractivity contribution in [3.63, 3.8) is 0 Å². The average Bonchev–Trinajstić information content (AvgIpc) is 3.17. The van der Waals surface area contributed by atoms with Gasteiger partial charge in [-0.1, -0.05) is 13.3 Å². The summed E-state index contributed by atoms with van der Waals surface area (Å²) in [7, 11) is 0. The Labute approximate surface area is 184 Å². The van der Waals surface area contributed by atoms with Gasteiger partial charge < -0.3 is 14.6 Å². The Hall–Kier alpha value is -1.67. The normalized spacial score (nSPS) is 12.0. The smallest absolute Gasteiger partial charge is 0.407 e. The lowest BCUT2D eigenvalue weighted by atomic mass is 10.2. The monoisotopic (exact) mass is 480 g/mol. The van der Waals surface area contributed by atoms with E-state index in [2.05, 4.69) is 43.8 Å². The lowest BCUT2D eigenvalue weighted by Gasteiger charge is -2.19. The van der Waals surface area contributed by atoms with E-state index in [9.17, 15) is 4.79 Å². The molecule has 3 aromatic rings. The molecule has 0 saturated carbocycles. The van der Waals surface area contributed by atoms with Gasteiger partial charge in [0.05, 0.1) is 25.7 Å². The number of unbranched alkanes of at least 4 members (excludes halogenated alkanes) is 2. The number of halogens is 1. The number of rotatable bonds is 8. The summed E-state index contributed by atoms with van der Waals surface area (Å²) in [4.78, 5) is 21.2. The molecule has 0 aliphatic heterocycles. The zero-order valence-electron chi connectivity index (χ0n) is 17.5. The standard InChI is InChI=1S/C21H29BrN4O2S/c1-5-6-9-17-25-15-13-24-14-12-16(22)29-19(14)18(15)26(17)11-8-7-10-23-20(27)28-21(2,3)4/h12-13H,5-11H2,1-4H3,(H,23,27). The molecule has 1 amide bonds. The Bertz CT molecular complexity index is 990. The van der Waals surface area contributed by atoms with Crippen molar-refractivity contribution in [1.82, 2.24) is 19.9 Å². The first-order valence-electron chi connectivity index (χ1n) is 10.2. The first kappa shape index (κ1) is 22.0. The van der Waals surface area contributed by atoms with E-state index in [1.807, 2.05) is 27.0 Å². The molecule has 29 heavy (non-hydrogen) atoms. The maximum Gasteiger partial charge on any atom is 0.407 e. The van der Waals surface area contributed by atoms with Crippen molar-refractivity contribution < 1.29 is 9.53 Å². The summed E-state index contributed by atoms with van der Waals surface area (Å²) in [6.45, 7) is 9.28. The second-order valence-electron chi connectivity index (χ2n) is 8.18. The predicted molar refractivity (Wildman–Crippen MR) is 123 cm³/mol. The van der Waals surface area contributed by atoms with Gasteiger partial charge in [0.15, 0.2) is 0 Å². The summed E-state index contributed by atoms with van der Waals surface area (Å²) in [6.07, 6.45) is 6.59. The third-order valence-electron chi connectivity index (χ3n) is 4.53. The van der Waals surface area contributed by atoms with Gasteiger partial charge in [-0.05, 0) is 62.0 Å². The van der Waals surface area contributed by atoms with Gasteiger partial charge in [0.25, 0.3) is 0 Å². The highest BCUT2D eigenvalue weighted by Gasteiger charge is 2.17. The Morgan fingerprint density at radius 1 is 1.28 bits per heavy atom. The number of nitrogens with one attached hydrogen (secondary N) is 1. The van der Waals surface area contributed by atoms with E-state index >= 15 is 0 Å². The molecule has 0 saturated heterocycles. The summed E-state index contributed by atoms with van der Waals surface area (Å²) in [5, 5.41) is 2.84. The van der Waals surface area contributed by atoms with Crippen molar-refractivity contribution in [3.05, 3.63) is 21.9 Å². The van der Waals surface area contributed by atoms with E-state index in [1.165, 1.54) is 10.2 Å². The largest absolute Gasteiger partial charge is 0.444 e. The van der Waals surface area contributed by atoms with Gasteiger partial charge >= 0.3 is 6.09 Å². The van der Waals surface area contributed by atoms with Crippen LogP contribution in [-0.2, 0) is 17.7 Å². The number of hydrogen-bond acceptors (Lipinski definition) is 5. The molecule has 0 aromatic carbocycles. The Balaban J connectivity index is 1.71. The van der Waals surface area contributed by atoms with Crippen molar-refractivity contribution in [3.8, 4) is 0 Å². The van der Waals surface area contributed by atoms with Crippen LogP contribution in [-0.4, -0.2) is 32.8 Å². The summed E-state index contributed by atoms with van der Waals surface area (Å²) in [5.41, 5.74) is 2.67. The van der Waals surface area contributed by atoms with E-state index in [1.54, 1.807) is 11.3 Å². The molecule has 0 atom stereocenters. The Morgan fingerprint density at radius 2 is 2.07 bits per heavy atom. The zero-order valence-corrected chi connectivity index (χ0v) is 20.0. The molecule has 0 fully saturated rings. The number of nitrogens with zero attached hydrogens (tertiary/aromatic N) is 3. The van der Waals surface area contributed by atoms with E-state index in [4.69, 9.17) is 9.72 Å². The molecular formula is C21H29BrN4O2S. The summed E-state index contributed by atoms with van der Waals surface area (Å²) >= 11 is 5.29. The Kier molecular flexibility index (Phi) is 7.16. The number of imidazole rings is 1. The fraction of sp³-hybridized carbons (Fsp3) is 0.571. The number of pyridine rings is 1. The van der Waals surface area contributed by atoms with E-state index < -0.39 is 5.60 Å². The van der Waals surface area contributed by atoms with Crippen LogP contribution in [0.2, 0.25) is 0 Å². The Morgan fingerprint density at radius 3 is 2.79 bits per heavy atom. The van der Waals surface area contributed by atoms with Crippen LogP contribution in [0.5, 0.6) is 0 Å². The third-order valence-corrected chi connectivity index (χ3v) is 6.16. The highest BCUT2D eigenvalue weighted by molar-refractivity contribution is 9.11. The van der Waals surface area contributed by atoms with E-state index in [0.717, 1.165) is 59.3 Å². The molecule has 8 heteroatoms. The molecule has 1 N–H and O–H groups in total. The fourth-order valence-electron chi connectivity index (χ4n) is 3.26. The molecule has 3 heterocycles. The summed E-state index contributed by atoms with van der Waals surface area (Å²) in [5.74, 6) is 1.13. The molecular weight excluding hydrogens is 452 g/mol. The highest BCUT2D eigenvalue weighted by atomic mass is 79.9. The molecule has 0 spiro atoms. The number of aromatic nitrogens is 3. The first-order valence-corrected chi connectivity index (χ1v) is 11.8. The quantitative estimate of drug-likeness (QED) is 0.398. The van der Waals surface area contributed by atoms with E-state index in [0.29, 0.717) is 6.54 Å². The van der Waals surface area contributed by atoms with Crippen molar-refractivity contribution in [2.45, 2.75) is 71.9 Å². The van der Waals surface area contributed by atoms with Crippen LogP contribution < -0.4 is 5.32 Å². The lowest BCUT2D eigenvalue weighted by Crippen LogP contribution is -2.33. The number of ether oxygens (including phenoxy) is 1. The average molecular weight is 481 g/mol. The SMILES string of the molecule is CCCCc1nc2cnc3cc(Br)sc3c2n1CCCCNC(=O)OC(C)(C)C. The molecule has 0 unspecified atom stereocenters. The third kappa shape index (κ3) is 5.69. The number of aryl methyl sites for hydroxylation is 2. The molecule has 3 aromatic heterocycles. The van der Waals surface area contributed by atoms with Crippen LogP contribution in [0, 0.1) is 0 Å². The van der Waals surface area contributed by atoms with Gasteiger partial charge in [0.1, 0.15) is 16.9 Å². The molecule has 0 aliphatic carbocycles. The second kappa shape index (κ2) is 9.43. The minimum atomic E-state index is -0.470. The topological polar surface area (TPSA) is 69.0 Å². The van der Waals surface area contributed by atoms with Crippen LogP contribution in [0.1, 0.15) is 59.2 Å². The fourth-order valence-corrected chi connectivity index (χ4v) is 4.86. The van der Waals surface area contributed by atoms with Crippen LogP contribution in [0.3, 0.4) is 0 Å². The van der Waals surface area contributed by atoms with Crippen LogP contribution in [0.25, 0.3) is 21.3 Å². The number of carbonyl (C=O) groups is 1. The van der Waals surface area contributed by atoms with Crippen molar-refractivity contribution in [1.29, 1.82) is 0 Å². The molecule has 3 rings (SSSR count). The second-order valence-corrected chi connectivity index (χ2v) is 10.6. The minimum Gasteiger partial charge on any atom is -0.444 e. The number of carbonyl (C=O) groups excluding carboxylic acids is 1. The first-order chi connectivity index (χ1) is 13.8. The number of amides is 1. The van der Waals surface area contributed by atoms with Crippen molar-refractivity contribution in [2.24, 2.45) is 0 Å². The van der Waals surface area contributed by atoms with Gasteiger partial charge in [0, 0.05) is 19.5 Å². The number of hydrogen-bond donors (Lipinski definition) is 1. The van der Waals surface area contributed by atoms with E-state index in [-0.39, 0.29) is 6.09 Å². The maximum absolute atomic E-state index is 11.8. The predicted octanol–water partition coefficient (Wildman–Crippen LogP) is 6.06. The van der Waals surface area contributed by atoms with Crippen LogP contribution >= 0.6 is 27.3 Å². The maximum atomic E-state index is 11.8. The summed E-state index contributed by atoms with van der Waals surface area (Å²) < 4.78 is 9.90. The molecule has 6 nitrogen and oxygen atoms in total. The molecule has 0 radical (unpaired) electrons. The van der Waals surface area contributed by atoms with Crippen LogP contribution in [0.4, 0.5) is 4.79 Å². The van der Waals surface area contributed by atoms with Crippen LogP contribution in [0.15, 0.2) is 16.0 Å². The number of thiophene rings is 1. The van der Waals surface area contributed by atoms with Crippen molar-refractivity contribution in [2.75, 3.05) is 6.54 Å². The van der Waals surface area contributed by atoms with Gasteiger partial charge in [-0.3, -0.25) is 4.98 Å². The van der Waals surface area contributed by atoms with Gasteiger partial charge in [-0.2, -0.15) is 0 Å². The molecule has 0 bridgehead atoms. The zero-order chi connectivity index (χ0) is 21.0. The minimum absolute atomic E-state index is 0.356. The lowest BCUT2D eigenvalue weighted by molar-refractivity contribution is 0.0527. The molecule has 0 aliphatic rings. The number of alkyl carbamates (subject to hydrolysis) is 1. The van der Waals surface area contributed by atoms with Gasteiger partial charge in [0.2, 0.25) is 0 Å². The highest BCUT2D eigenvalue weighted by Crippen LogP contribution is 2.34. The molecule has 158 valence electrons. The van der Waals surface area contributed by atoms with Gasteiger partial charge in [-0.15, -0.1) is 11.3 Å².